The van der Waals surface area contributed by atoms with E-state index in [-0.39, 0.29) is 5.56 Å². The van der Waals surface area contributed by atoms with E-state index >= 15 is 0 Å². The third-order valence-corrected chi connectivity index (χ3v) is 1.42. The van der Waals surface area contributed by atoms with Crippen molar-refractivity contribution in [3.63, 3.8) is 0 Å². The molecule has 0 aliphatic carbocycles. The molecule has 1 N–H and O–H groups in total. The third-order valence-electron chi connectivity index (χ3n) is 1.23. The lowest BCUT2D eigenvalue weighted by Crippen LogP contribution is -2.12. The Bertz CT molecular complexity index is 281. The number of H-pyrrole nitrogens is 1. The molecule has 10 heavy (non-hydrogen) atoms. The van der Waals surface area contributed by atoms with E-state index in [1.165, 1.54) is 0 Å². The zero-order valence-electron chi connectivity index (χ0n) is 5.52. The van der Waals surface area contributed by atoms with Gasteiger partial charge in [-0.15, -0.1) is 0 Å². The molecular formula is C6H7ClN2O. The van der Waals surface area contributed by atoms with Crippen molar-refractivity contribution < 1.29 is 0 Å². The Kier molecular flexibility index (Phi) is 2.06. The van der Waals surface area contributed by atoms with E-state index in [1.54, 1.807) is 6.07 Å². The second kappa shape index (κ2) is 2.84. The maximum Gasteiger partial charge on any atom is 0.267 e. The van der Waals surface area contributed by atoms with Crippen LogP contribution in [0.15, 0.2) is 10.9 Å². The lowest BCUT2D eigenvalue weighted by Gasteiger charge is -1.92. The molecular weight excluding hydrogens is 152 g/mol. The van der Waals surface area contributed by atoms with E-state index in [0.29, 0.717) is 17.1 Å². The number of nitrogens with one attached hydrogen (secondary N) is 1. The molecule has 1 aromatic heterocycles. The zero-order valence-corrected chi connectivity index (χ0v) is 6.27. The average molecular weight is 159 g/mol. The summed E-state index contributed by atoms with van der Waals surface area (Å²) in [4.78, 5) is 10.8. The fourth-order valence-corrected chi connectivity index (χ4v) is 0.854. The molecule has 0 atom stereocenters. The highest BCUT2D eigenvalue weighted by Crippen LogP contribution is 2.01. The number of rotatable bonds is 1. The van der Waals surface area contributed by atoms with Crippen LogP contribution in [-0.2, 0) is 6.42 Å². The van der Waals surface area contributed by atoms with Crippen molar-refractivity contribution in [3.05, 3.63) is 27.1 Å². The lowest BCUT2D eigenvalue weighted by molar-refractivity contribution is 0.939. The van der Waals surface area contributed by atoms with Crippen LogP contribution in [0.25, 0.3) is 0 Å². The van der Waals surface area contributed by atoms with Crippen LogP contribution in [0.4, 0.5) is 0 Å². The van der Waals surface area contributed by atoms with Crippen LogP contribution in [-0.4, -0.2) is 10.2 Å². The molecule has 3 nitrogen and oxygen atoms in total. The average Bonchev–Trinajstić information content (AvgIpc) is 1.94. The normalized spacial score (nSPS) is 9.80. The first-order chi connectivity index (χ1) is 4.74. The number of aryl methyl sites for hydroxylation is 1. The van der Waals surface area contributed by atoms with E-state index in [1.807, 2.05) is 6.92 Å². The first-order valence-corrected chi connectivity index (χ1v) is 3.36. The molecule has 1 rings (SSSR count). The summed E-state index contributed by atoms with van der Waals surface area (Å²) in [5.41, 5.74) is 0.506. The molecule has 0 aromatic carbocycles. The molecule has 0 radical (unpaired) electrons. The smallest absolute Gasteiger partial charge is 0.267 e. The fraction of sp³-hybridized carbons (Fsp3) is 0.333. The van der Waals surface area contributed by atoms with Gasteiger partial charge in [-0.1, -0.05) is 18.5 Å². The molecule has 0 unspecified atom stereocenters. The summed E-state index contributed by atoms with van der Waals surface area (Å²) in [5, 5.41) is 6.13. The Balaban J connectivity index is 3.22. The maximum absolute atomic E-state index is 10.8. The van der Waals surface area contributed by atoms with Crippen LogP contribution in [0.1, 0.15) is 12.5 Å². The summed E-state index contributed by atoms with van der Waals surface area (Å²) in [6, 6.07) is 1.57. The first-order valence-electron chi connectivity index (χ1n) is 2.98. The quantitative estimate of drug-likeness (QED) is 0.663. The van der Waals surface area contributed by atoms with Gasteiger partial charge in [0.2, 0.25) is 0 Å². The van der Waals surface area contributed by atoms with E-state index in [0.717, 1.165) is 0 Å². The minimum atomic E-state index is -0.160. The summed E-state index contributed by atoms with van der Waals surface area (Å²) in [6.07, 6.45) is 0.678. The molecule has 4 heteroatoms. The van der Waals surface area contributed by atoms with Gasteiger partial charge in [-0.2, -0.15) is 5.10 Å². The Hall–Kier alpha value is -0.830. The molecule has 0 aliphatic rings. The lowest BCUT2D eigenvalue weighted by atomic mass is 10.2. The van der Waals surface area contributed by atoms with Crippen molar-refractivity contribution >= 4 is 11.6 Å². The number of hydrogen-bond donors (Lipinski definition) is 1. The zero-order chi connectivity index (χ0) is 7.56. The van der Waals surface area contributed by atoms with Crippen LogP contribution >= 0.6 is 11.6 Å². The molecule has 0 aliphatic heterocycles. The second-order valence-corrected chi connectivity index (χ2v) is 2.29. The number of aromatic nitrogens is 2. The van der Waals surface area contributed by atoms with Crippen molar-refractivity contribution in [2.24, 2.45) is 0 Å². The van der Waals surface area contributed by atoms with E-state index in [2.05, 4.69) is 10.2 Å². The fourth-order valence-electron chi connectivity index (χ4n) is 0.680. The van der Waals surface area contributed by atoms with Gasteiger partial charge in [0.15, 0.2) is 0 Å². The molecule has 0 spiro atoms. The monoisotopic (exact) mass is 158 g/mol. The Morgan fingerprint density at radius 1 is 1.80 bits per heavy atom. The second-order valence-electron chi connectivity index (χ2n) is 1.90. The molecule has 0 bridgehead atoms. The molecule has 1 aromatic rings. The van der Waals surface area contributed by atoms with Gasteiger partial charge in [-0.25, -0.2) is 5.10 Å². The summed E-state index contributed by atoms with van der Waals surface area (Å²) in [7, 11) is 0. The topological polar surface area (TPSA) is 45.8 Å². The SMILES string of the molecule is CCc1cc(Cl)n[nH]c1=O. The predicted molar refractivity (Wildman–Crippen MR) is 39.2 cm³/mol. The molecule has 0 saturated carbocycles. The maximum atomic E-state index is 10.8. The van der Waals surface area contributed by atoms with E-state index < -0.39 is 0 Å². The van der Waals surface area contributed by atoms with Gasteiger partial charge >= 0.3 is 0 Å². The predicted octanol–water partition coefficient (Wildman–Crippen LogP) is 0.986. The van der Waals surface area contributed by atoms with Crippen LogP contribution in [0.3, 0.4) is 0 Å². The van der Waals surface area contributed by atoms with Gasteiger partial charge in [0.1, 0.15) is 5.15 Å². The largest absolute Gasteiger partial charge is 0.268 e. The standard InChI is InChI=1S/C6H7ClN2O/c1-2-4-3-5(7)8-9-6(4)10/h3H,2H2,1H3,(H,9,10). The number of halogens is 1. The van der Waals surface area contributed by atoms with E-state index in [4.69, 9.17) is 11.6 Å². The van der Waals surface area contributed by atoms with Crippen molar-refractivity contribution in [1.82, 2.24) is 10.2 Å². The summed E-state index contributed by atoms with van der Waals surface area (Å²) >= 11 is 5.51. The molecule has 0 saturated heterocycles. The third kappa shape index (κ3) is 1.36. The van der Waals surface area contributed by atoms with Crippen molar-refractivity contribution in [2.45, 2.75) is 13.3 Å². The van der Waals surface area contributed by atoms with Crippen molar-refractivity contribution in [1.29, 1.82) is 0 Å². The van der Waals surface area contributed by atoms with Gasteiger partial charge < -0.3 is 0 Å². The Morgan fingerprint density at radius 3 is 3.00 bits per heavy atom. The van der Waals surface area contributed by atoms with Crippen molar-refractivity contribution in [2.75, 3.05) is 0 Å². The van der Waals surface area contributed by atoms with Gasteiger partial charge in [0.05, 0.1) is 0 Å². The number of aromatic amines is 1. The number of nitrogens with zero attached hydrogens (tertiary/aromatic N) is 1. The molecule has 0 amide bonds. The Morgan fingerprint density at radius 2 is 2.50 bits per heavy atom. The Labute approximate surface area is 63.0 Å². The van der Waals surface area contributed by atoms with Crippen LogP contribution in [0.2, 0.25) is 5.15 Å². The van der Waals surface area contributed by atoms with Crippen LogP contribution < -0.4 is 5.56 Å². The van der Waals surface area contributed by atoms with Gasteiger partial charge in [-0.3, -0.25) is 4.79 Å². The summed E-state index contributed by atoms with van der Waals surface area (Å²) in [5.74, 6) is 0. The number of hydrogen-bond acceptors (Lipinski definition) is 2. The van der Waals surface area contributed by atoms with Gasteiger partial charge in [0, 0.05) is 5.56 Å². The van der Waals surface area contributed by atoms with Gasteiger partial charge in [-0.05, 0) is 12.5 Å². The molecule has 0 fully saturated rings. The highest BCUT2D eigenvalue weighted by molar-refractivity contribution is 6.29. The molecule has 54 valence electrons. The summed E-state index contributed by atoms with van der Waals surface area (Å²) in [6.45, 7) is 1.89. The van der Waals surface area contributed by atoms with Gasteiger partial charge in [0.25, 0.3) is 5.56 Å². The highest BCUT2D eigenvalue weighted by atomic mass is 35.5. The minimum Gasteiger partial charge on any atom is -0.268 e. The van der Waals surface area contributed by atoms with Crippen LogP contribution in [0.5, 0.6) is 0 Å². The molecule has 1 heterocycles. The first kappa shape index (κ1) is 7.28. The summed E-state index contributed by atoms with van der Waals surface area (Å²) < 4.78 is 0. The minimum absolute atomic E-state index is 0.160. The van der Waals surface area contributed by atoms with E-state index in [9.17, 15) is 4.79 Å². The van der Waals surface area contributed by atoms with Crippen LogP contribution in [0, 0.1) is 0 Å². The van der Waals surface area contributed by atoms with Crippen molar-refractivity contribution in [3.8, 4) is 0 Å². The highest BCUT2D eigenvalue weighted by Gasteiger charge is 1.96.